The van der Waals surface area contributed by atoms with E-state index in [1.807, 2.05) is 0 Å². The van der Waals surface area contributed by atoms with Crippen LogP contribution in [0, 0.1) is 0 Å². The Kier molecular flexibility index (Phi) is 5.02. The molecule has 4 heteroatoms. The van der Waals surface area contributed by atoms with E-state index in [9.17, 15) is 9.59 Å². The third-order valence-corrected chi connectivity index (χ3v) is 2.81. The van der Waals surface area contributed by atoms with Crippen molar-refractivity contribution in [2.45, 2.75) is 32.1 Å². The molecule has 0 N–H and O–H groups in total. The lowest BCUT2D eigenvalue weighted by atomic mass is 10.0. The zero-order valence-corrected chi connectivity index (χ0v) is 9.83. The Balaban J connectivity index is 2.50. The molecule has 1 aliphatic heterocycles. The molecule has 0 radical (unpaired) electrons. The lowest BCUT2D eigenvalue weighted by molar-refractivity contribution is -0.141. The van der Waals surface area contributed by atoms with Gasteiger partial charge in [0.25, 0.3) is 0 Å². The molecule has 1 saturated heterocycles. The Hall–Kier alpha value is -1.32. The summed E-state index contributed by atoms with van der Waals surface area (Å²) in [4.78, 5) is 24.6. The van der Waals surface area contributed by atoms with E-state index >= 15 is 0 Å². The maximum Gasteiger partial charge on any atom is 0.307 e. The van der Waals surface area contributed by atoms with Gasteiger partial charge in [-0.1, -0.05) is 13.0 Å². The summed E-state index contributed by atoms with van der Waals surface area (Å²) in [5, 5.41) is 0. The number of hydrogen-bond donors (Lipinski definition) is 0. The molecular weight excluding hydrogens is 206 g/mol. The van der Waals surface area contributed by atoms with Crippen LogP contribution in [0.4, 0.5) is 0 Å². The van der Waals surface area contributed by atoms with E-state index in [0.717, 1.165) is 32.2 Å². The summed E-state index contributed by atoms with van der Waals surface area (Å²) in [5.41, 5.74) is 0.657. The van der Waals surface area contributed by atoms with Gasteiger partial charge in [0.15, 0.2) is 0 Å². The fraction of sp³-hybridized carbons (Fsp3) is 0.667. The van der Waals surface area contributed by atoms with Crippen molar-refractivity contribution in [3.05, 3.63) is 12.2 Å². The van der Waals surface area contributed by atoms with Crippen LogP contribution in [-0.2, 0) is 14.3 Å². The second-order valence-electron chi connectivity index (χ2n) is 4.03. The first-order chi connectivity index (χ1) is 7.65. The Morgan fingerprint density at radius 2 is 2.19 bits per heavy atom. The lowest BCUT2D eigenvalue weighted by Crippen LogP contribution is -2.35. The van der Waals surface area contributed by atoms with E-state index in [4.69, 9.17) is 0 Å². The average molecular weight is 225 g/mol. The van der Waals surface area contributed by atoms with Gasteiger partial charge in [-0.3, -0.25) is 9.59 Å². The van der Waals surface area contributed by atoms with Gasteiger partial charge in [-0.05, 0) is 19.3 Å². The van der Waals surface area contributed by atoms with Crippen LogP contribution >= 0.6 is 0 Å². The minimum absolute atomic E-state index is 0.0106. The summed E-state index contributed by atoms with van der Waals surface area (Å²) in [7, 11) is 1.36. The highest BCUT2D eigenvalue weighted by molar-refractivity contribution is 5.93. The number of hydrogen-bond acceptors (Lipinski definition) is 3. The average Bonchev–Trinajstić information content (AvgIpc) is 2.29. The van der Waals surface area contributed by atoms with Gasteiger partial charge in [-0.25, -0.2) is 0 Å². The molecule has 90 valence electrons. The van der Waals surface area contributed by atoms with Gasteiger partial charge < -0.3 is 9.64 Å². The summed E-state index contributed by atoms with van der Waals surface area (Å²) in [6, 6.07) is 0. The molecule has 16 heavy (non-hydrogen) atoms. The predicted molar refractivity (Wildman–Crippen MR) is 60.8 cm³/mol. The molecule has 0 spiro atoms. The first-order valence-electron chi connectivity index (χ1n) is 5.69. The second-order valence-corrected chi connectivity index (χ2v) is 4.03. The predicted octanol–water partition coefficient (Wildman–Crippen LogP) is 1.51. The maximum absolute atomic E-state index is 11.9. The molecule has 0 aromatic rings. The van der Waals surface area contributed by atoms with Crippen molar-refractivity contribution in [3.63, 3.8) is 0 Å². The molecule has 1 amide bonds. The smallest absolute Gasteiger partial charge is 0.307 e. The van der Waals surface area contributed by atoms with E-state index in [1.165, 1.54) is 7.11 Å². The van der Waals surface area contributed by atoms with Gasteiger partial charge in [-0.2, -0.15) is 0 Å². The fourth-order valence-corrected chi connectivity index (χ4v) is 1.79. The van der Waals surface area contributed by atoms with Crippen molar-refractivity contribution < 1.29 is 14.3 Å². The van der Waals surface area contributed by atoms with Crippen LogP contribution in [0.3, 0.4) is 0 Å². The number of methoxy groups -OCH3 is 1. The van der Waals surface area contributed by atoms with Gasteiger partial charge >= 0.3 is 5.97 Å². The topological polar surface area (TPSA) is 46.6 Å². The number of rotatable bonds is 3. The molecule has 1 fully saturated rings. The third-order valence-electron chi connectivity index (χ3n) is 2.81. The summed E-state index contributed by atoms with van der Waals surface area (Å²) in [5.74, 6) is -0.288. The normalized spacial score (nSPS) is 17.9. The van der Waals surface area contributed by atoms with Gasteiger partial charge in [-0.15, -0.1) is 0 Å². The molecule has 1 rings (SSSR count). The van der Waals surface area contributed by atoms with E-state index in [2.05, 4.69) is 11.3 Å². The van der Waals surface area contributed by atoms with Crippen LogP contribution < -0.4 is 0 Å². The van der Waals surface area contributed by atoms with Crippen molar-refractivity contribution in [2.75, 3.05) is 20.2 Å². The van der Waals surface area contributed by atoms with Gasteiger partial charge in [0.1, 0.15) is 0 Å². The van der Waals surface area contributed by atoms with Crippen LogP contribution in [0.2, 0.25) is 0 Å². The Labute approximate surface area is 96.3 Å². The van der Waals surface area contributed by atoms with E-state index < -0.39 is 0 Å². The molecule has 1 heterocycles. The van der Waals surface area contributed by atoms with Crippen molar-refractivity contribution in [1.82, 2.24) is 4.90 Å². The van der Waals surface area contributed by atoms with Gasteiger partial charge in [0.2, 0.25) is 5.91 Å². The Bertz CT molecular complexity index is 286. The molecule has 0 atom stereocenters. The van der Waals surface area contributed by atoms with Gasteiger partial charge in [0.05, 0.1) is 13.5 Å². The van der Waals surface area contributed by atoms with Gasteiger partial charge in [0, 0.05) is 18.7 Å². The standard InChI is InChI=1S/C12H19NO3/c1-10-6-4-3-5-8-13(12(10)15)9-7-11(14)16-2/h1,3-9H2,2H3. The highest BCUT2D eigenvalue weighted by Gasteiger charge is 2.19. The number of carbonyl (C=O) groups excluding carboxylic acids is 2. The van der Waals surface area contributed by atoms with E-state index in [-0.39, 0.29) is 18.3 Å². The second kappa shape index (κ2) is 6.30. The van der Waals surface area contributed by atoms with Crippen molar-refractivity contribution in [3.8, 4) is 0 Å². The molecule has 1 aliphatic rings. The fourth-order valence-electron chi connectivity index (χ4n) is 1.79. The van der Waals surface area contributed by atoms with E-state index in [0.29, 0.717) is 12.1 Å². The Morgan fingerprint density at radius 3 is 2.88 bits per heavy atom. The number of ether oxygens (including phenoxy) is 1. The summed E-state index contributed by atoms with van der Waals surface area (Å²) >= 11 is 0. The summed E-state index contributed by atoms with van der Waals surface area (Å²) < 4.78 is 4.56. The number of esters is 1. The number of amides is 1. The highest BCUT2D eigenvalue weighted by Crippen LogP contribution is 2.15. The van der Waals surface area contributed by atoms with Crippen molar-refractivity contribution in [2.24, 2.45) is 0 Å². The molecule has 0 unspecified atom stereocenters. The van der Waals surface area contributed by atoms with Crippen LogP contribution in [0.5, 0.6) is 0 Å². The van der Waals surface area contributed by atoms with E-state index in [1.54, 1.807) is 4.90 Å². The quantitative estimate of drug-likeness (QED) is 0.540. The SMILES string of the molecule is C=C1CCCCCN(CCC(=O)OC)C1=O. The lowest BCUT2D eigenvalue weighted by Gasteiger charge is -2.25. The third kappa shape index (κ3) is 3.68. The minimum atomic E-state index is -0.277. The zero-order valence-electron chi connectivity index (χ0n) is 9.83. The number of carbonyl (C=O) groups is 2. The minimum Gasteiger partial charge on any atom is -0.469 e. The molecule has 0 saturated carbocycles. The zero-order chi connectivity index (χ0) is 12.0. The molecule has 0 aromatic carbocycles. The first kappa shape index (κ1) is 12.7. The summed E-state index contributed by atoms with van der Waals surface area (Å²) in [6.45, 7) is 4.94. The van der Waals surface area contributed by atoms with Crippen molar-refractivity contribution in [1.29, 1.82) is 0 Å². The molecule has 4 nitrogen and oxygen atoms in total. The largest absolute Gasteiger partial charge is 0.469 e. The van der Waals surface area contributed by atoms with Crippen LogP contribution in [-0.4, -0.2) is 37.0 Å². The van der Waals surface area contributed by atoms with Crippen molar-refractivity contribution >= 4 is 11.9 Å². The van der Waals surface area contributed by atoms with Crippen LogP contribution in [0.15, 0.2) is 12.2 Å². The van der Waals surface area contributed by atoms with Crippen LogP contribution in [0.25, 0.3) is 0 Å². The molecule has 0 aliphatic carbocycles. The summed E-state index contributed by atoms with van der Waals surface area (Å²) in [6.07, 6.45) is 4.18. The number of nitrogens with zero attached hydrogens (tertiary/aromatic N) is 1. The molecule has 0 bridgehead atoms. The molecule has 0 aromatic heterocycles. The Morgan fingerprint density at radius 1 is 1.44 bits per heavy atom. The molecular formula is C12H19NO3. The highest BCUT2D eigenvalue weighted by atomic mass is 16.5. The maximum atomic E-state index is 11.9. The number of likely N-dealkylation sites (tertiary alicyclic amines) is 1. The monoisotopic (exact) mass is 225 g/mol. The van der Waals surface area contributed by atoms with Crippen LogP contribution in [0.1, 0.15) is 32.1 Å². The first-order valence-corrected chi connectivity index (χ1v) is 5.69.